The summed E-state index contributed by atoms with van der Waals surface area (Å²) < 4.78 is 10.4. The maximum Gasteiger partial charge on any atom is 0.339 e. The van der Waals surface area contributed by atoms with Crippen LogP contribution >= 0.6 is 0 Å². The molecule has 0 saturated heterocycles. The van der Waals surface area contributed by atoms with Gasteiger partial charge in [-0.15, -0.1) is 0 Å². The molecule has 0 spiro atoms. The summed E-state index contributed by atoms with van der Waals surface area (Å²) >= 11 is 0. The van der Waals surface area contributed by atoms with Gasteiger partial charge in [0.1, 0.15) is 6.10 Å². The number of pyridine rings is 1. The topological polar surface area (TPSA) is 65.5 Å². The Kier molecular flexibility index (Phi) is 5.81. The van der Waals surface area contributed by atoms with Crippen molar-refractivity contribution in [2.45, 2.75) is 26.4 Å². The molecule has 0 radical (unpaired) electrons. The third kappa shape index (κ3) is 4.50. The smallest absolute Gasteiger partial charge is 0.339 e. The van der Waals surface area contributed by atoms with Gasteiger partial charge < -0.3 is 9.47 Å². The highest BCUT2D eigenvalue weighted by Gasteiger charge is 2.19. The van der Waals surface area contributed by atoms with Crippen LogP contribution in [-0.4, -0.2) is 29.6 Å². The molecule has 1 aromatic heterocycles. The predicted octanol–water partition coefficient (Wildman–Crippen LogP) is 4.40. The van der Waals surface area contributed by atoms with Crippen molar-refractivity contribution in [3.63, 3.8) is 0 Å². The summed E-state index contributed by atoms with van der Waals surface area (Å²) in [5.41, 5.74) is 2.75. The number of ether oxygens (including phenoxy) is 2. The Hall–Kier alpha value is -3.21. The fourth-order valence-electron chi connectivity index (χ4n) is 2.84. The number of hydrogen-bond donors (Lipinski definition) is 0. The van der Waals surface area contributed by atoms with Crippen molar-refractivity contribution in [2.24, 2.45) is 0 Å². The fraction of sp³-hybridized carbons (Fsp3) is 0.227. The molecule has 0 saturated carbocycles. The maximum atomic E-state index is 12.8. The van der Waals surface area contributed by atoms with E-state index in [0.717, 1.165) is 5.56 Å². The molecule has 3 aromatic rings. The highest BCUT2D eigenvalue weighted by molar-refractivity contribution is 6.04. The Balaban J connectivity index is 1.92. The van der Waals surface area contributed by atoms with E-state index in [4.69, 9.17) is 9.47 Å². The van der Waals surface area contributed by atoms with Gasteiger partial charge in [0, 0.05) is 10.9 Å². The second-order valence-corrected chi connectivity index (χ2v) is 6.16. The monoisotopic (exact) mass is 363 g/mol. The van der Waals surface area contributed by atoms with Crippen LogP contribution in [0.5, 0.6) is 0 Å². The quantitative estimate of drug-likeness (QED) is 0.607. The first-order valence-corrected chi connectivity index (χ1v) is 8.90. The average Bonchev–Trinajstić information content (AvgIpc) is 2.67. The SMILES string of the molecule is CCOC(=O)CC(C)OC(=O)c1cc(-c2ccccc2)nc2ccccc12. The molecule has 1 unspecified atom stereocenters. The number of rotatable bonds is 6. The number of para-hydroxylation sites is 1. The van der Waals surface area contributed by atoms with Gasteiger partial charge in [-0.2, -0.15) is 0 Å². The number of carbonyl (C=O) groups is 2. The van der Waals surface area contributed by atoms with E-state index >= 15 is 0 Å². The molecule has 0 N–H and O–H groups in total. The minimum Gasteiger partial charge on any atom is -0.466 e. The van der Waals surface area contributed by atoms with Crippen LogP contribution in [0.25, 0.3) is 22.2 Å². The van der Waals surface area contributed by atoms with Gasteiger partial charge in [0.15, 0.2) is 0 Å². The summed E-state index contributed by atoms with van der Waals surface area (Å²) in [6.07, 6.45) is -0.558. The lowest BCUT2D eigenvalue weighted by Gasteiger charge is -2.14. The lowest BCUT2D eigenvalue weighted by molar-refractivity contribution is -0.145. The molecule has 0 amide bonds. The third-order valence-electron chi connectivity index (χ3n) is 4.07. The van der Waals surface area contributed by atoms with Crippen LogP contribution in [0.4, 0.5) is 0 Å². The Bertz CT molecular complexity index is 953. The van der Waals surface area contributed by atoms with E-state index in [1.807, 2.05) is 54.6 Å². The van der Waals surface area contributed by atoms with Crippen LogP contribution in [0.3, 0.4) is 0 Å². The van der Waals surface area contributed by atoms with Crippen molar-refractivity contribution in [1.82, 2.24) is 4.98 Å². The van der Waals surface area contributed by atoms with Gasteiger partial charge in [0.2, 0.25) is 0 Å². The third-order valence-corrected chi connectivity index (χ3v) is 4.07. The Morgan fingerprint density at radius 3 is 2.48 bits per heavy atom. The first-order valence-electron chi connectivity index (χ1n) is 8.90. The maximum absolute atomic E-state index is 12.8. The number of esters is 2. The van der Waals surface area contributed by atoms with Crippen molar-refractivity contribution in [1.29, 1.82) is 0 Å². The highest BCUT2D eigenvalue weighted by atomic mass is 16.6. The summed E-state index contributed by atoms with van der Waals surface area (Å²) in [6, 6.07) is 18.8. The van der Waals surface area contributed by atoms with Gasteiger partial charge in [-0.1, -0.05) is 48.5 Å². The summed E-state index contributed by atoms with van der Waals surface area (Å²) in [6.45, 7) is 3.72. The molecule has 3 rings (SSSR count). The number of fused-ring (bicyclic) bond motifs is 1. The largest absolute Gasteiger partial charge is 0.466 e. The lowest BCUT2D eigenvalue weighted by atomic mass is 10.0. The van der Waals surface area contributed by atoms with Crippen LogP contribution in [-0.2, 0) is 14.3 Å². The van der Waals surface area contributed by atoms with Gasteiger partial charge in [0.25, 0.3) is 0 Å². The number of nitrogens with zero attached hydrogens (tertiary/aromatic N) is 1. The van der Waals surface area contributed by atoms with Crippen LogP contribution < -0.4 is 0 Å². The van der Waals surface area contributed by atoms with Crippen molar-refractivity contribution in [3.05, 3.63) is 66.2 Å². The number of carbonyl (C=O) groups excluding carboxylic acids is 2. The molecule has 5 nitrogen and oxygen atoms in total. The molecule has 2 aromatic carbocycles. The van der Waals surface area contributed by atoms with Gasteiger partial charge >= 0.3 is 11.9 Å². The minimum atomic E-state index is -0.580. The molecule has 0 aliphatic heterocycles. The number of benzene rings is 2. The zero-order valence-electron chi connectivity index (χ0n) is 15.3. The molecule has 0 aliphatic rings. The molecule has 0 fully saturated rings. The molecular formula is C22H21NO4. The molecule has 1 heterocycles. The molecule has 0 aliphatic carbocycles. The average molecular weight is 363 g/mol. The molecule has 5 heteroatoms. The summed E-state index contributed by atoms with van der Waals surface area (Å²) in [4.78, 5) is 29.0. The van der Waals surface area contributed by atoms with E-state index in [1.165, 1.54) is 0 Å². The van der Waals surface area contributed by atoms with Crippen LogP contribution in [0, 0.1) is 0 Å². The second kappa shape index (κ2) is 8.45. The number of aromatic nitrogens is 1. The zero-order chi connectivity index (χ0) is 19.2. The highest BCUT2D eigenvalue weighted by Crippen LogP contribution is 2.25. The van der Waals surface area contributed by atoms with Gasteiger partial charge in [-0.3, -0.25) is 4.79 Å². The van der Waals surface area contributed by atoms with Gasteiger partial charge in [0.05, 0.1) is 29.8 Å². The van der Waals surface area contributed by atoms with Crippen molar-refractivity contribution in [3.8, 4) is 11.3 Å². The fourth-order valence-corrected chi connectivity index (χ4v) is 2.84. The van der Waals surface area contributed by atoms with E-state index in [0.29, 0.717) is 28.8 Å². The van der Waals surface area contributed by atoms with Crippen LogP contribution in [0.2, 0.25) is 0 Å². The standard InChI is InChI=1S/C22H21NO4/c1-3-26-21(24)13-15(2)27-22(25)18-14-20(16-9-5-4-6-10-16)23-19-12-8-7-11-17(18)19/h4-12,14-15H,3,13H2,1-2H3. The molecule has 0 bridgehead atoms. The molecule has 27 heavy (non-hydrogen) atoms. The van der Waals surface area contributed by atoms with Crippen molar-refractivity contribution in [2.75, 3.05) is 6.61 Å². The van der Waals surface area contributed by atoms with Gasteiger partial charge in [-0.25, -0.2) is 9.78 Å². The summed E-state index contributed by atoms with van der Waals surface area (Å²) in [5.74, 6) is -0.870. The first kappa shape index (κ1) is 18.6. The van der Waals surface area contributed by atoms with Crippen molar-refractivity contribution >= 4 is 22.8 Å². The van der Waals surface area contributed by atoms with E-state index in [2.05, 4.69) is 4.98 Å². The van der Waals surface area contributed by atoms with E-state index < -0.39 is 12.1 Å². The van der Waals surface area contributed by atoms with Gasteiger partial charge in [-0.05, 0) is 26.0 Å². The zero-order valence-corrected chi connectivity index (χ0v) is 15.3. The lowest BCUT2D eigenvalue weighted by Crippen LogP contribution is -2.20. The second-order valence-electron chi connectivity index (χ2n) is 6.16. The Morgan fingerprint density at radius 2 is 1.74 bits per heavy atom. The Labute approximate surface area is 157 Å². The summed E-state index contributed by atoms with van der Waals surface area (Å²) in [5, 5.41) is 0.713. The predicted molar refractivity (Wildman–Crippen MR) is 103 cm³/mol. The first-order chi connectivity index (χ1) is 13.1. The molecule has 1 atom stereocenters. The Morgan fingerprint density at radius 1 is 1.04 bits per heavy atom. The van der Waals surface area contributed by atoms with Crippen LogP contribution in [0.1, 0.15) is 30.6 Å². The van der Waals surface area contributed by atoms with E-state index in [9.17, 15) is 9.59 Å². The van der Waals surface area contributed by atoms with Crippen LogP contribution in [0.15, 0.2) is 60.7 Å². The minimum absolute atomic E-state index is 0.0220. The van der Waals surface area contributed by atoms with E-state index in [-0.39, 0.29) is 12.4 Å². The normalized spacial score (nSPS) is 11.8. The molecular weight excluding hydrogens is 342 g/mol. The number of hydrogen-bond acceptors (Lipinski definition) is 5. The van der Waals surface area contributed by atoms with Crippen molar-refractivity contribution < 1.29 is 19.1 Å². The summed E-state index contributed by atoms with van der Waals surface area (Å²) in [7, 11) is 0. The van der Waals surface area contributed by atoms with E-state index in [1.54, 1.807) is 19.9 Å². The molecule has 138 valence electrons.